The molecule has 2 aromatic rings. The Hall–Kier alpha value is -2.90. The Bertz CT molecular complexity index is 776. The molecule has 8 heteroatoms. The van der Waals surface area contributed by atoms with Crippen molar-refractivity contribution in [2.24, 2.45) is 0 Å². The summed E-state index contributed by atoms with van der Waals surface area (Å²) in [7, 11) is 0. The van der Waals surface area contributed by atoms with Crippen molar-refractivity contribution in [3.63, 3.8) is 0 Å². The van der Waals surface area contributed by atoms with E-state index in [4.69, 9.17) is 9.26 Å². The molecule has 0 radical (unpaired) electrons. The third-order valence-corrected chi connectivity index (χ3v) is 4.03. The van der Waals surface area contributed by atoms with Gasteiger partial charge in [-0.2, -0.15) is 0 Å². The number of carboxylic acid groups (broad SMARTS) is 1. The van der Waals surface area contributed by atoms with Crippen LogP contribution in [0.1, 0.15) is 35.5 Å². The minimum atomic E-state index is -1.03. The number of likely N-dealkylation sites (tertiary alicyclic amines) is 1. The number of nitrogens with zero attached hydrogens (tertiary/aromatic N) is 2. The molecular weight excluding hydrogens is 331 g/mol. The van der Waals surface area contributed by atoms with Gasteiger partial charge in [-0.3, -0.25) is 4.79 Å². The van der Waals surface area contributed by atoms with E-state index < -0.39 is 23.7 Å². The molecule has 0 aliphatic carbocycles. The van der Waals surface area contributed by atoms with Gasteiger partial charge >= 0.3 is 5.97 Å². The lowest BCUT2D eigenvalue weighted by atomic mass is 10.0. The van der Waals surface area contributed by atoms with E-state index in [2.05, 4.69) is 5.16 Å². The summed E-state index contributed by atoms with van der Waals surface area (Å²) >= 11 is 0. The average Bonchev–Trinajstić information content (AvgIpc) is 3.09. The number of halogens is 1. The topological polar surface area (TPSA) is 92.9 Å². The smallest absolute Gasteiger partial charge is 0.326 e. The van der Waals surface area contributed by atoms with E-state index in [0.717, 1.165) is 12.8 Å². The van der Waals surface area contributed by atoms with Crippen LogP contribution in [0.25, 0.3) is 0 Å². The molecule has 1 atom stereocenters. The van der Waals surface area contributed by atoms with Crippen molar-refractivity contribution in [3.8, 4) is 5.75 Å². The van der Waals surface area contributed by atoms with Crippen LogP contribution in [-0.4, -0.2) is 39.6 Å². The summed E-state index contributed by atoms with van der Waals surface area (Å²) < 4.78 is 23.8. The van der Waals surface area contributed by atoms with E-state index in [1.54, 1.807) is 12.1 Å². The molecular formula is C17H17FN2O5. The Morgan fingerprint density at radius 1 is 1.36 bits per heavy atom. The van der Waals surface area contributed by atoms with Crippen LogP contribution in [0.5, 0.6) is 5.75 Å². The molecule has 132 valence electrons. The van der Waals surface area contributed by atoms with Crippen molar-refractivity contribution in [1.82, 2.24) is 10.1 Å². The minimum Gasteiger partial charge on any atom is -0.482 e. The minimum absolute atomic E-state index is 0.0142. The maximum atomic E-state index is 13.5. The first-order chi connectivity index (χ1) is 12.1. The molecule has 1 aromatic carbocycles. The molecule has 25 heavy (non-hydrogen) atoms. The van der Waals surface area contributed by atoms with Gasteiger partial charge in [0.1, 0.15) is 12.6 Å². The van der Waals surface area contributed by atoms with Gasteiger partial charge in [-0.25, -0.2) is 9.18 Å². The zero-order valence-electron chi connectivity index (χ0n) is 13.4. The Morgan fingerprint density at radius 2 is 2.16 bits per heavy atom. The molecule has 1 N–H and O–H groups in total. The molecule has 0 saturated carbocycles. The first-order valence-corrected chi connectivity index (χ1v) is 7.93. The predicted octanol–water partition coefficient (Wildman–Crippen LogP) is 2.47. The normalized spacial score (nSPS) is 17.3. The van der Waals surface area contributed by atoms with Crippen LogP contribution in [0, 0.1) is 5.82 Å². The maximum absolute atomic E-state index is 13.5. The van der Waals surface area contributed by atoms with Crippen LogP contribution in [0.15, 0.2) is 34.9 Å². The highest BCUT2D eigenvalue weighted by molar-refractivity contribution is 5.95. The fraction of sp³-hybridized carbons (Fsp3) is 0.353. The summed E-state index contributed by atoms with van der Waals surface area (Å²) in [5.41, 5.74) is 0.0142. The maximum Gasteiger partial charge on any atom is 0.326 e. The van der Waals surface area contributed by atoms with Crippen LogP contribution in [0.3, 0.4) is 0 Å². The highest BCUT2D eigenvalue weighted by Crippen LogP contribution is 2.21. The monoisotopic (exact) mass is 348 g/mol. The molecule has 3 rings (SSSR count). The number of carboxylic acids is 1. The second-order valence-corrected chi connectivity index (χ2v) is 5.75. The lowest BCUT2D eigenvalue weighted by molar-refractivity contribution is -0.143. The fourth-order valence-electron chi connectivity index (χ4n) is 2.77. The number of rotatable bonds is 5. The number of aliphatic carboxylic acids is 1. The standard InChI is InChI=1S/C17H17FN2O5/c18-12-5-1-2-7-15(12)24-10-11-9-13(19-25-11)16(21)20-8-4-3-6-14(20)17(22)23/h1-2,5,7,9,14H,3-4,6,8,10H2,(H,22,23)/t14-/m1/s1. The number of hydrogen-bond donors (Lipinski definition) is 1. The van der Waals surface area contributed by atoms with Crippen molar-refractivity contribution < 1.29 is 28.3 Å². The molecule has 1 aromatic heterocycles. The van der Waals surface area contributed by atoms with E-state index in [0.29, 0.717) is 13.0 Å². The van der Waals surface area contributed by atoms with Crippen LogP contribution >= 0.6 is 0 Å². The third-order valence-electron chi connectivity index (χ3n) is 4.03. The van der Waals surface area contributed by atoms with Gasteiger partial charge in [0, 0.05) is 12.6 Å². The summed E-state index contributed by atoms with van der Waals surface area (Å²) in [6.07, 6.45) is 1.93. The number of para-hydroxylation sites is 1. The summed E-state index contributed by atoms with van der Waals surface area (Å²) in [6.45, 7) is 0.271. The lowest BCUT2D eigenvalue weighted by Gasteiger charge is -2.32. The molecule has 0 spiro atoms. The summed E-state index contributed by atoms with van der Waals surface area (Å²) in [5, 5.41) is 12.9. The molecule has 1 aliphatic heterocycles. The van der Waals surface area contributed by atoms with Crippen molar-refractivity contribution in [1.29, 1.82) is 0 Å². The van der Waals surface area contributed by atoms with E-state index in [1.807, 2.05) is 0 Å². The van der Waals surface area contributed by atoms with E-state index in [-0.39, 0.29) is 23.8 Å². The van der Waals surface area contributed by atoms with Crippen molar-refractivity contribution in [2.75, 3.05) is 6.54 Å². The van der Waals surface area contributed by atoms with Gasteiger partial charge in [0.05, 0.1) is 0 Å². The molecule has 0 unspecified atom stereocenters. The Balaban J connectivity index is 1.67. The van der Waals surface area contributed by atoms with Gasteiger partial charge in [-0.15, -0.1) is 0 Å². The second kappa shape index (κ2) is 7.33. The molecule has 1 fully saturated rings. The molecule has 1 aliphatic rings. The van der Waals surface area contributed by atoms with Crippen LogP contribution < -0.4 is 4.74 Å². The first kappa shape index (κ1) is 16.9. The van der Waals surface area contributed by atoms with Gasteiger partial charge in [-0.1, -0.05) is 17.3 Å². The number of amides is 1. The van der Waals surface area contributed by atoms with E-state index in [9.17, 15) is 19.1 Å². The van der Waals surface area contributed by atoms with Crippen LogP contribution in [0.2, 0.25) is 0 Å². The predicted molar refractivity (Wildman–Crippen MR) is 83.5 cm³/mol. The summed E-state index contributed by atoms with van der Waals surface area (Å²) in [4.78, 5) is 25.1. The number of aromatic nitrogens is 1. The Morgan fingerprint density at radius 3 is 2.92 bits per heavy atom. The highest BCUT2D eigenvalue weighted by atomic mass is 19.1. The van der Waals surface area contributed by atoms with Crippen LogP contribution in [0.4, 0.5) is 4.39 Å². The summed E-state index contributed by atoms with van der Waals surface area (Å²) in [6, 6.07) is 6.46. The molecule has 0 bridgehead atoms. The number of piperidine rings is 1. The average molecular weight is 348 g/mol. The Kier molecular flexibility index (Phi) is 4.97. The highest BCUT2D eigenvalue weighted by Gasteiger charge is 2.33. The zero-order valence-corrected chi connectivity index (χ0v) is 13.4. The number of hydrogen-bond acceptors (Lipinski definition) is 5. The quantitative estimate of drug-likeness (QED) is 0.892. The van der Waals surface area contributed by atoms with Gasteiger partial charge in [0.25, 0.3) is 5.91 Å². The largest absolute Gasteiger partial charge is 0.482 e. The molecule has 2 heterocycles. The van der Waals surface area contributed by atoms with Gasteiger partial charge < -0.3 is 19.3 Å². The SMILES string of the molecule is O=C(O)[C@H]1CCCCN1C(=O)c1cc(COc2ccccc2F)on1. The zero-order chi connectivity index (χ0) is 17.8. The molecule has 7 nitrogen and oxygen atoms in total. The number of carbonyl (C=O) groups excluding carboxylic acids is 1. The Labute approximate surface area is 143 Å². The second-order valence-electron chi connectivity index (χ2n) is 5.75. The number of benzene rings is 1. The van der Waals surface area contributed by atoms with Crippen molar-refractivity contribution in [2.45, 2.75) is 31.9 Å². The molecule has 1 saturated heterocycles. The van der Waals surface area contributed by atoms with Crippen molar-refractivity contribution in [3.05, 3.63) is 47.6 Å². The van der Waals surface area contributed by atoms with Gasteiger partial charge in [0.15, 0.2) is 23.0 Å². The number of ether oxygens (including phenoxy) is 1. The van der Waals surface area contributed by atoms with E-state index in [1.165, 1.54) is 23.1 Å². The molecule has 1 amide bonds. The first-order valence-electron chi connectivity index (χ1n) is 7.93. The third kappa shape index (κ3) is 3.78. The summed E-state index contributed by atoms with van der Waals surface area (Å²) in [5.74, 6) is -1.71. The van der Waals surface area contributed by atoms with Crippen molar-refractivity contribution >= 4 is 11.9 Å². The lowest BCUT2D eigenvalue weighted by Crippen LogP contribution is -2.48. The van der Waals surface area contributed by atoms with Gasteiger partial charge in [0.2, 0.25) is 0 Å². The number of carbonyl (C=O) groups is 2. The van der Waals surface area contributed by atoms with Crippen LogP contribution in [-0.2, 0) is 11.4 Å². The fourth-order valence-corrected chi connectivity index (χ4v) is 2.77. The van der Waals surface area contributed by atoms with E-state index >= 15 is 0 Å². The van der Waals surface area contributed by atoms with Gasteiger partial charge in [-0.05, 0) is 31.4 Å².